The molecule has 122 valence electrons. The Morgan fingerprint density at radius 3 is 3.17 bits per heavy atom. The monoisotopic (exact) mass is 335 g/mol. The molecule has 1 saturated heterocycles. The van der Waals surface area contributed by atoms with Gasteiger partial charge < -0.3 is 9.26 Å². The quantitative estimate of drug-likeness (QED) is 0.782. The Labute approximate surface area is 139 Å². The number of methoxy groups -OCH3 is 1. The number of nitrogens with zero attached hydrogens (tertiary/aromatic N) is 3. The van der Waals surface area contributed by atoms with Gasteiger partial charge in [-0.05, 0) is 31.5 Å². The van der Waals surface area contributed by atoms with Crippen molar-refractivity contribution >= 4 is 17.6 Å². The number of likely N-dealkylation sites (tertiary alicyclic amines) is 1. The minimum atomic E-state index is -0.173. The predicted octanol–water partition coefficient (Wildman–Crippen LogP) is 2.57. The molecule has 23 heavy (non-hydrogen) atoms. The van der Waals surface area contributed by atoms with Crippen molar-refractivity contribution in [3.8, 4) is 11.4 Å². The molecule has 2 aromatic rings. The summed E-state index contributed by atoms with van der Waals surface area (Å²) in [5.41, 5.74) is 0.820. The van der Waals surface area contributed by atoms with Crippen LogP contribution in [0.3, 0.4) is 0 Å². The van der Waals surface area contributed by atoms with E-state index in [1.807, 2.05) is 12.1 Å². The molecule has 0 bridgehead atoms. The zero-order valence-corrected chi connectivity index (χ0v) is 13.6. The Morgan fingerprint density at radius 1 is 1.52 bits per heavy atom. The SMILES string of the molecule is COC(=O)[C@@H]1CCCN1CCc1nc(-c2cccc(Cl)c2)no1. The Kier molecular flexibility index (Phi) is 4.93. The Hall–Kier alpha value is -1.92. The fourth-order valence-electron chi connectivity index (χ4n) is 2.84. The van der Waals surface area contributed by atoms with E-state index in [1.165, 1.54) is 7.11 Å². The number of carbonyl (C=O) groups excluding carboxylic acids is 1. The van der Waals surface area contributed by atoms with Gasteiger partial charge in [-0.1, -0.05) is 28.9 Å². The molecule has 1 aromatic heterocycles. The van der Waals surface area contributed by atoms with E-state index in [-0.39, 0.29) is 12.0 Å². The van der Waals surface area contributed by atoms with Crippen molar-refractivity contribution in [1.82, 2.24) is 15.0 Å². The van der Waals surface area contributed by atoms with Gasteiger partial charge in [0.15, 0.2) is 0 Å². The van der Waals surface area contributed by atoms with Gasteiger partial charge in [0.2, 0.25) is 11.7 Å². The molecule has 6 nitrogen and oxygen atoms in total. The summed E-state index contributed by atoms with van der Waals surface area (Å²) in [5.74, 6) is 0.900. The molecule has 1 atom stereocenters. The summed E-state index contributed by atoms with van der Waals surface area (Å²) in [6, 6.07) is 7.17. The maximum Gasteiger partial charge on any atom is 0.323 e. The van der Waals surface area contributed by atoms with Crippen LogP contribution >= 0.6 is 11.6 Å². The second-order valence-corrected chi connectivity index (χ2v) is 5.93. The van der Waals surface area contributed by atoms with E-state index in [4.69, 9.17) is 20.9 Å². The van der Waals surface area contributed by atoms with Crippen molar-refractivity contribution in [3.63, 3.8) is 0 Å². The summed E-state index contributed by atoms with van der Waals surface area (Å²) >= 11 is 5.97. The van der Waals surface area contributed by atoms with Crippen molar-refractivity contribution in [2.75, 3.05) is 20.2 Å². The van der Waals surface area contributed by atoms with Crippen LogP contribution < -0.4 is 0 Å². The molecular weight excluding hydrogens is 318 g/mol. The van der Waals surface area contributed by atoms with Gasteiger partial charge in [-0.2, -0.15) is 4.98 Å². The zero-order chi connectivity index (χ0) is 16.2. The lowest BCUT2D eigenvalue weighted by molar-refractivity contribution is -0.145. The first-order valence-corrected chi connectivity index (χ1v) is 7.95. The van der Waals surface area contributed by atoms with Crippen LogP contribution in [0.15, 0.2) is 28.8 Å². The van der Waals surface area contributed by atoms with Crippen molar-refractivity contribution in [3.05, 3.63) is 35.2 Å². The highest BCUT2D eigenvalue weighted by Gasteiger charge is 2.31. The van der Waals surface area contributed by atoms with Gasteiger partial charge in [-0.15, -0.1) is 0 Å². The van der Waals surface area contributed by atoms with Gasteiger partial charge in [0.1, 0.15) is 6.04 Å². The largest absolute Gasteiger partial charge is 0.468 e. The van der Waals surface area contributed by atoms with Gasteiger partial charge in [0.05, 0.1) is 7.11 Å². The van der Waals surface area contributed by atoms with Crippen LogP contribution in [0.2, 0.25) is 5.02 Å². The summed E-state index contributed by atoms with van der Waals surface area (Å²) < 4.78 is 10.1. The molecular formula is C16H18ClN3O3. The Bertz CT molecular complexity index is 689. The van der Waals surface area contributed by atoms with Gasteiger partial charge in [0, 0.05) is 23.6 Å². The van der Waals surface area contributed by atoms with E-state index in [0.29, 0.717) is 29.7 Å². The van der Waals surface area contributed by atoms with Gasteiger partial charge in [-0.3, -0.25) is 9.69 Å². The molecule has 0 radical (unpaired) electrons. The lowest BCUT2D eigenvalue weighted by atomic mass is 10.2. The van der Waals surface area contributed by atoms with E-state index >= 15 is 0 Å². The molecule has 0 spiro atoms. The first kappa shape index (κ1) is 16.0. The van der Waals surface area contributed by atoms with Crippen LogP contribution in [0.4, 0.5) is 0 Å². The highest BCUT2D eigenvalue weighted by Crippen LogP contribution is 2.21. The smallest absolute Gasteiger partial charge is 0.323 e. The molecule has 1 aliphatic rings. The standard InChI is InChI=1S/C16H18ClN3O3/c1-22-16(21)13-6-3-8-20(13)9-7-14-18-15(19-23-14)11-4-2-5-12(17)10-11/h2,4-5,10,13H,3,6-9H2,1H3/t13-/m0/s1. The highest BCUT2D eigenvalue weighted by atomic mass is 35.5. The zero-order valence-electron chi connectivity index (χ0n) is 12.9. The number of hydrogen-bond donors (Lipinski definition) is 0. The summed E-state index contributed by atoms with van der Waals surface area (Å²) in [5, 5.41) is 4.62. The molecule has 0 N–H and O–H groups in total. The van der Waals surface area contributed by atoms with Crippen LogP contribution in [0.5, 0.6) is 0 Å². The molecule has 3 rings (SSSR count). The normalized spacial score (nSPS) is 18.3. The van der Waals surface area contributed by atoms with Crippen molar-refractivity contribution < 1.29 is 14.1 Å². The molecule has 2 heterocycles. The molecule has 0 saturated carbocycles. The number of ether oxygens (including phenoxy) is 1. The van der Waals surface area contributed by atoms with Gasteiger partial charge in [0.25, 0.3) is 0 Å². The van der Waals surface area contributed by atoms with Crippen molar-refractivity contribution in [2.24, 2.45) is 0 Å². The average molecular weight is 336 g/mol. The van der Waals surface area contributed by atoms with E-state index in [1.54, 1.807) is 12.1 Å². The third-order valence-corrected chi connectivity index (χ3v) is 4.24. The maximum atomic E-state index is 11.7. The van der Waals surface area contributed by atoms with Gasteiger partial charge in [-0.25, -0.2) is 0 Å². The third-order valence-electron chi connectivity index (χ3n) is 4.00. The topological polar surface area (TPSA) is 68.5 Å². The van der Waals surface area contributed by atoms with Crippen molar-refractivity contribution in [1.29, 1.82) is 0 Å². The minimum Gasteiger partial charge on any atom is -0.468 e. The van der Waals surface area contributed by atoms with Crippen molar-refractivity contribution in [2.45, 2.75) is 25.3 Å². The van der Waals surface area contributed by atoms with Crippen LogP contribution in [0.25, 0.3) is 11.4 Å². The number of hydrogen-bond acceptors (Lipinski definition) is 6. The fraction of sp³-hybridized carbons (Fsp3) is 0.438. The van der Waals surface area contributed by atoms with Gasteiger partial charge >= 0.3 is 5.97 Å². The predicted molar refractivity (Wildman–Crippen MR) is 85.1 cm³/mol. The van der Waals surface area contributed by atoms with Crippen LogP contribution in [-0.2, 0) is 16.0 Å². The molecule has 1 aromatic carbocycles. The molecule has 1 fully saturated rings. The number of aromatic nitrogens is 2. The number of esters is 1. The third kappa shape index (κ3) is 3.71. The second-order valence-electron chi connectivity index (χ2n) is 5.49. The van der Waals surface area contributed by atoms with E-state index < -0.39 is 0 Å². The summed E-state index contributed by atoms with van der Waals surface area (Å²) in [7, 11) is 1.42. The lowest BCUT2D eigenvalue weighted by Gasteiger charge is -2.21. The lowest BCUT2D eigenvalue weighted by Crippen LogP contribution is -2.38. The summed E-state index contributed by atoms with van der Waals surface area (Å²) in [6.45, 7) is 1.58. The van der Waals surface area contributed by atoms with E-state index in [9.17, 15) is 4.79 Å². The average Bonchev–Trinajstić information content (AvgIpc) is 3.21. The molecule has 0 unspecified atom stereocenters. The molecule has 0 amide bonds. The minimum absolute atomic E-state index is 0.157. The second kappa shape index (κ2) is 7.10. The summed E-state index contributed by atoms with van der Waals surface area (Å²) in [4.78, 5) is 18.2. The molecule has 0 aliphatic carbocycles. The highest BCUT2D eigenvalue weighted by molar-refractivity contribution is 6.30. The van der Waals surface area contributed by atoms with Crippen LogP contribution in [-0.4, -0.2) is 47.3 Å². The maximum absolute atomic E-state index is 11.7. The Morgan fingerprint density at radius 2 is 2.39 bits per heavy atom. The Balaban J connectivity index is 1.62. The summed E-state index contributed by atoms with van der Waals surface area (Å²) in [6.07, 6.45) is 2.43. The number of halogens is 1. The van der Waals surface area contributed by atoms with E-state index in [2.05, 4.69) is 15.0 Å². The van der Waals surface area contributed by atoms with Crippen LogP contribution in [0.1, 0.15) is 18.7 Å². The van der Waals surface area contributed by atoms with E-state index in [0.717, 1.165) is 24.9 Å². The number of benzene rings is 1. The first-order valence-electron chi connectivity index (χ1n) is 7.58. The number of rotatable bonds is 5. The number of carbonyl (C=O) groups is 1. The molecule has 1 aliphatic heterocycles. The first-order chi connectivity index (χ1) is 11.2. The molecule has 7 heteroatoms. The van der Waals surface area contributed by atoms with Crippen LogP contribution in [0, 0.1) is 0 Å². The fourth-order valence-corrected chi connectivity index (χ4v) is 3.03.